The lowest BCUT2D eigenvalue weighted by Gasteiger charge is -2.00. The number of rotatable bonds is 8. The summed E-state index contributed by atoms with van der Waals surface area (Å²) in [6.45, 7) is 0.839. The van der Waals surface area contributed by atoms with Gasteiger partial charge >= 0.3 is 5.97 Å². The van der Waals surface area contributed by atoms with Gasteiger partial charge in [0, 0.05) is 13.0 Å². The molecule has 0 saturated carbocycles. The monoisotopic (exact) mass is 212 g/mol. The number of aryl methyl sites for hydroxylation is 1. The number of aliphatic carboxylic acids is 1. The Hall–Kier alpha value is -1.46. The zero-order valence-electron chi connectivity index (χ0n) is 8.67. The first-order valence-corrected chi connectivity index (χ1v) is 5.21. The molecule has 0 aliphatic rings. The van der Waals surface area contributed by atoms with Crippen molar-refractivity contribution < 1.29 is 9.90 Å². The number of aromatic nitrogens is 4. The number of nitrogens with zero attached hydrogens (tertiary/aromatic N) is 4. The Labute approximate surface area is 88.3 Å². The van der Waals surface area contributed by atoms with E-state index in [-0.39, 0.29) is 6.42 Å². The Bertz CT molecular complexity index is 274. The molecule has 1 aromatic rings. The molecule has 0 amide bonds. The van der Waals surface area contributed by atoms with Crippen molar-refractivity contribution in [2.45, 2.75) is 45.1 Å². The van der Waals surface area contributed by atoms with Crippen LogP contribution in [0.5, 0.6) is 0 Å². The van der Waals surface area contributed by atoms with Crippen LogP contribution < -0.4 is 0 Å². The van der Waals surface area contributed by atoms with E-state index in [0.717, 1.165) is 38.6 Å². The quantitative estimate of drug-likeness (QED) is 0.652. The smallest absolute Gasteiger partial charge is 0.303 e. The van der Waals surface area contributed by atoms with E-state index < -0.39 is 5.97 Å². The number of hydrogen-bond donors (Lipinski definition) is 1. The molecule has 0 radical (unpaired) electrons. The molecule has 0 atom stereocenters. The van der Waals surface area contributed by atoms with Crippen LogP contribution in [0.2, 0.25) is 0 Å². The number of carbonyl (C=O) groups is 1. The standard InChI is InChI=1S/C9H16N4O2/c14-9(15)6-4-2-1-3-5-7-13-8-10-11-12-13/h8H,1-7H2,(H,14,15). The van der Waals surface area contributed by atoms with Crippen molar-refractivity contribution in [2.75, 3.05) is 0 Å². The average molecular weight is 212 g/mol. The van der Waals surface area contributed by atoms with Crippen LogP contribution in [0, 0.1) is 0 Å². The van der Waals surface area contributed by atoms with E-state index in [1.54, 1.807) is 11.0 Å². The summed E-state index contributed by atoms with van der Waals surface area (Å²) in [5.41, 5.74) is 0. The maximum Gasteiger partial charge on any atom is 0.303 e. The fourth-order valence-electron chi connectivity index (χ4n) is 1.36. The van der Waals surface area contributed by atoms with Gasteiger partial charge in [0.1, 0.15) is 6.33 Å². The zero-order chi connectivity index (χ0) is 10.9. The van der Waals surface area contributed by atoms with E-state index >= 15 is 0 Å². The Kier molecular flexibility index (Phi) is 5.35. The molecular weight excluding hydrogens is 196 g/mol. The minimum absolute atomic E-state index is 0.285. The largest absolute Gasteiger partial charge is 0.481 e. The fraction of sp³-hybridized carbons (Fsp3) is 0.778. The van der Waals surface area contributed by atoms with Crippen molar-refractivity contribution >= 4 is 5.97 Å². The first kappa shape index (κ1) is 11.6. The molecule has 1 heterocycles. The Balaban J connectivity index is 1.87. The minimum atomic E-state index is -0.705. The second kappa shape index (κ2) is 6.92. The van der Waals surface area contributed by atoms with Gasteiger partial charge in [0.15, 0.2) is 0 Å². The molecular formula is C9H16N4O2. The number of unbranched alkanes of at least 4 members (excludes halogenated alkanes) is 4. The first-order chi connectivity index (χ1) is 7.29. The van der Waals surface area contributed by atoms with Crippen LogP contribution in [0.3, 0.4) is 0 Å². The van der Waals surface area contributed by atoms with Crippen molar-refractivity contribution in [1.82, 2.24) is 20.2 Å². The molecule has 0 saturated heterocycles. The molecule has 1 aromatic heterocycles. The lowest BCUT2D eigenvalue weighted by molar-refractivity contribution is -0.137. The van der Waals surface area contributed by atoms with Crippen LogP contribution in [0.15, 0.2) is 6.33 Å². The highest BCUT2D eigenvalue weighted by molar-refractivity contribution is 5.66. The molecule has 0 unspecified atom stereocenters. The summed E-state index contributed by atoms with van der Waals surface area (Å²) in [6.07, 6.45) is 6.87. The molecule has 0 aromatic carbocycles. The van der Waals surface area contributed by atoms with Gasteiger partial charge in [-0.05, 0) is 23.3 Å². The maximum absolute atomic E-state index is 10.2. The average Bonchev–Trinajstić information content (AvgIpc) is 2.68. The highest BCUT2D eigenvalue weighted by Gasteiger charge is 1.97. The molecule has 1 rings (SSSR count). The summed E-state index contributed by atoms with van der Waals surface area (Å²) in [7, 11) is 0. The van der Waals surface area contributed by atoms with Crippen molar-refractivity contribution in [1.29, 1.82) is 0 Å². The zero-order valence-corrected chi connectivity index (χ0v) is 8.67. The summed E-state index contributed by atoms with van der Waals surface area (Å²) in [6, 6.07) is 0. The van der Waals surface area contributed by atoms with Crippen molar-refractivity contribution in [3.63, 3.8) is 0 Å². The number of hydrogen-bond acceptors (Lipinski definition) is 4. The van der Waals surface area contributed by atoms with E-state index in [1.165, 1.54) is 0 Å². The first-order valence-electron chi connectivity index (χ1n) is 5.21. The molecule has 15 heavy (non-hydrogen) atoms. The topological polar surface area (TPSA) is 80.9 Å². The lowest BCUT2D eigenvalue weighted by Crippen LogP contribution is -1.99. The van der Waals surface area contributed by atoms with E-state index in [1.807, 2.05) is 0 Å². The van der Waals surface area contributed by atoms with Gasteiger partial charge in [0.05, 0.1) is 0 Å². The van der Waals surface area contributed by atoms with E-state index in [2.05, 4.69) is 15.5 Å². The van der Waals surface area contributed by atoms with Gasteiger partial charge in [-0.2, -0.15) is 0 Å². The number of carboxylic acids is 1. The van der Waals surface area contributed by atoms with Crippen molar-refractivity contribution in [2.24, 2.45) is 0 Å². The molecule has 0 aliphatic heterocycles. The van der Waals surface area contributed by atoms with Crippen LogP contribution in [0.1, 0.15) is 38.5 Å². The number of tetrazole rings is 1. The summed E-state index contributed by atoms with van der Waals surface area (Å²) >= 11 is 0. The van der Waals surface area contributed by atoms with Crippen LogP contribution in [0.4, 0.5) is 0 Å². The molecule has 0 spiro atoms. The summed E-state index contributed by atoms with van der Waals surface area (Å²) < 4.78 is 1.71. The van der Waals surface area contributed by atoms with E-state index in [4.69, 9.17) is 5.11 Å². The summed E-state index contributed by atoms with van der Waals surface area (Å²) in [4.78, 5) is 10.2. The van der Waals surface area contributed by atoms with Gasteiger partial charge in [-0.15, -0.1) is 5.10 Å². The van der Waals surface area contributed by atoms with Crippen molar-refractivity contribution in [3.05, 3.63) is 6.33 Å². The minimum Gasteiger partial charge on any atom is -0.481 e. The molecule has 0 bridgehead atoms. The van der Waals surface area contributed by atoms with Gasteiger partial charge in [-0.25, -0.2) is 4.68 Å². The van der Waals surface area contributed by atoms with Crippen LogP contribution >= 0.6 is 0 Å². The third-order valence-electron chi connectivity index (χ3n) is 2.17. The molecule has 6 heteroatoms. The second-order valence-electron chi connectivity index (χ2n) is 3.48. The molecule has 0 fully saturated rings. The van der Waals surface area contributed by atoms with E-state index in [0.29, 0.717) is 0 Å². The lowest BCUT2D eigenvalue weighted by atomic mass is 10.1. The van der Waals surface area contributed by atoms with Crippen LogP contribution in [0.25, 0.3) is 0 Å². The summed E-state index contributed by atoms with van der Waals surface area (Å²) in [5, 5.41) is 19.2. The third kappa shape index (κ3) is 5.77. The van der Waals surface area contributed by atoms with Gasteiger partial charge in [-0.3, -0.25) is 4.79 Å². The predicted molar refractivity (Wildman–Crippen MR) is 53.2 cm³/mol. The summed E-state index contributed by atoms with van der Waals surface area (Å²) in [5.74, 6) is -0.705. The molecule has 84 valence electrons. The van der Waals surface area contributed by atoms with Gasteiger partial charge in [0.25, 0.3) is 0 Å². The predicted octanol–water partition coefficient (Wildman–Crippen LogP) is 1.10. The molecule has 0 aliphatic carbocycles. The third-order valence-corrected chi connectivity index (χ3v) is 2.17. The fourth-order valence-corrected chi connectivity index (χ4v) is 1.36. The van der Waals surface area contributed by atoms with E-state index in [9.17, 15) is 4.79 Å². The van der Waals surface area contributed by atoms with Gasteiger partial charge in [-0.1, -0.05) is 19.3 Å². The Morgan fingerprint density at radius 2 is 1.93 bits per heavy atom. The number of carboxylic acid groups (broad SMARTS) is 1. The highest BCUT2D eigenvalue weighted by Crippen LogP contribution is 2.05. The normalized spacial score (nSPS) is 10.4. The maximum atomic E-state index is 10.2. The SMILES string of the molecule is O=C(O)CCCCCCCn1cnnn1. The van der Waals surface area contributed by atoms with Gasteiger partial charge in [0.2, 0.25) is 0 Å². The Morgan fingerprint density at radius 3 is 2.60 bits per heavy atom. The molecule has 6 nitrogen and oxygen atoms in total. The second-order valence-corrected chi connectivity index (χ2v) is 3.48. The van der Waals surface area contributed by atoms with Gasteiger partial charge < -0.3 is 5.11 Å². The van der Waals surface area contributed by atoms with Crippen molar-refractivity contribution in [3.8, 4) is 0 Å². The van der Waals surface area contributed by atoms with Crippen LogP contribution in [-0.2, 0) is 11.3 Å². The molecule has 1 N–H and O–H groups in total. The highest BCUT2D eigenvalue weighted by atomic mass is 16.4. The Morgan fingerprint density at radius 1 is 1.20 bits per heavy atom. The van der Waals surface area contributed by atoms with Crippen LogP contribution in [-0.4, -0.2) is 31.3 Å².